The van der Waals surface area contributed by atoms with Crippen molar-refractivity contribution in [3.05, 3.63) is 35.7 Å². The first-order valence-corrected chi connectivity index (χ1v) is 8.99. The molecule has 1 unspecified atom stereocenters. The maximum absolute atomic E-state index is 8.27. The maximum Gasteiger partial charge on any atom is 0.121 e. The number of H-pyrrole nitrogens is 1. The number of nitrogens with one attached hydrogen (secondary N) is 1. The quantitative estimate of drug-likeness (QED) is 0.358. The number of anilines is 1. The molecule has 0 saturated heterocycles. The molecule has 1 aromatic heterocycles. The smallest absolute Gasteiger partial charge is 0.121 e. The molecule has 1 aromatic rings. The number of halogens is 2. The van der Waals surface area contributed by atoms with Gasteiger partial charge in [-0.15, -0.1) is 0 Å². The van der Waals surface area contributed by atoms with E-state index in [9.17, 15) is 0 Å². The van der Waals surface area contributed by atoms with Gasteiger partial charge in [0.05, 0.1) is 43.3 Å². The Morgan fingerprint density at radius 1 is 1.42 bits per heavy atom. The van der Waals surface area contributed by atoms with Gasteiger partial charge in [0.25, 0.3) is 0 Å². The first kappa shape index (κ1) is 28.5. The van der Waals surface area contributed by atoms with Crippen LogP contribution in [0.1, 0.15) is 26.3 Å². The molecule has 7 nitrogen and oxygen atoms in total. The Morgan fingerprint density at radius 2 is 1.92 bits per heavy atom. The Labute approximate surface area is 172 Å². The molecule has 0 aromatic carbocycles. The van der Waals surface area contributed by atoms with Gasteiger partial charge in [-0.1, -0.05) is 38.4 Å². The van der Waals surface area contributed by atoms with Crippen LogP contribution in [0.5, 0.6) is 0 Å². The van der Waals surface area contributed by atoms with Crippen LogP contribution >= 0.6 is 31.9 Å². The largest absolute Gasteiger partial charge is 0.503 e. The molecule has 0 spiro atoms. The lowest BCUT2D eigenvalue weighted by Gasteiger charge is -2.04. The molecule has 0 aliphatic heterocycles. The lowest BCUT2D eigenvalue weighted by molar-refractivity contribution is 0.335. The molecule has 0 fully saturated rings. The van der Waals surface area contributed by atoms with E-state index in [0.29, 0.717) is 22.3 Å². The number of aromatic amines is 1. The first-order valence-electron chi connectivity index (χ1n) is 7.08. The standard InChI is InChI=1S/C5H7NO.C4H5Br2N.C4H7N3.C4H5N/c1-5(3-6)4-7-2;1-4(6,2-5)3-7;1-3-2-6-7-4(3)5;1-4(2)3-5/h4H,1-2H3;2H2,1H3;2H,1H3,(H3,5,6,7);1H2,2H3. The minimum absolute atomic E-state index is 0.382. The van der Waals surface area contributed by atoms with Crippen molar-refractivity contribution in [2.45, 2.75) is 32.0 Å². The molecule has 0 amide bonds. The van der Waals surface area contributed by atoms with Gasteiger partial charge < -0.3 is 10.5 Å². The van der Waals surface area contributed by atoms with E-state index in [0.717, 1.165) is 5.56 Å². The predicted molar refractivity (Wildman–Crippen MR) is 111 cm³/mol. The van der Waals surface area contributed by atoms with E-state index in [2.05, 4.69) is 59.4 Å². The van der Waals surface area contributed by atoms with Crippen molar-refractivity contribution in [2.24, 2.45) is 0 Å². The molecule has 0 radical (unpaired) electrons. The number of methoxy groups -OCH3 is 1. The Balaban J connectivity index is -0.000000274. The number of nitriles is 3. The zero-order chi connectivity index (χ0) is 21.2. The van der Waals surface area contributed by atoms with Crippen LogP contribution in [-0.2, 0) is 4.74 Å². The summed E-state index contributed by atoms with van der Waals surface area (Å²) in [5, 5.41) is 31.1. The van der Waals surface area contributed by atoms with Crippen LogP contribution in [0.15, 0.2) is 30.2 Å². The molecule has 9 heteroatoms. The summed E-state index contributed by atoms with van der Waals surface area (Å²) >= 11 is 6.33. The number of aromatic nitrogens is 2. The molecule has 3 N–H and O–H groups in total. The van der Waals surface area contributed by atoms with Gasteiger partial charge in [-0.2, -0.15) is 20.9 Å². The van der Waals surface area contributed by atoms with Crippen LogP contribution < -0.4 is 5.73 Å². The lowest BCUT2D eigenvalue weighted by Crippen LogP contribution is -2.12. The van der Waals surface area contributed by atoms with Crippen LogP contribution in [-0.4, -0.2) is 27.0 Å². The molecule has 0 saturated carbocycles. The van der Waals surface area contributed by atoms with Crippen molar-refractivity contribution in [3.63, 3.8) is 0 Å². The van der Waals surface area contributed by atoms with Crippen molar-refractivity contribution in [2.75, 3.05) is 18.2 Å². The number of nitrogens with zero attached hydrogens (tertiary/aromatic N) is 4. The molecule has 26 heavy (non-hydrogen) atoms. The third-order valence-corrected chi connectivity index (χ3v) is 4.35. The molecule has 0 aliphatic carbocycles. The summed E-state index contributed by atoms with van der Waals surface area (Å²) in [7, 11) is 1.51. The van der Waals surface area contributed by atoms with Crippen molar-refractivity contribution < 1.29 is 4.74 Å². The van der Waals surface area contributed by atoms with Crippen molar-refractivity contribution in [3.8, 4) is 18.2 Å². The van der Waals surface area contributed by atoms with Crippen LogP contribution in [0.3, 0.4) is 0 Å². The maximum atomic E-state index is 8.27. The Kier molecular flexibility index (Phi) is 19.2. The highest BCUT2D eigenvalue weighted by Crippen LogP contribution is 2.17. The fourth-order valence-corrected chi connectivity index (χ4v) is 0.715. The molecule has 1 rings (SSSR count). The zero-order valence-corrected chi connectivity index (χ0v) is 18.8. The minimum Gasteiger partial charge on any atom is -0.503 e. The average Bonchev–Trinajstić information content (AvgIpc) is 2.99. The summed E-state index contributed by atoms with van der Waals surface area (Å²) in [4.78, 5) is 0. The summed E-state index contributed by atoms with van der Waals surface area (Å²) in [6.45, 7) is 10.4. The number of alkyl halides is 2. The van der Waals surface area contributed by atoms with Gasteiger partial charge in [0.1, 0.15) is 10.1 Å². The number of nitrogens with two attached hydrogens (primary N) is 1. The molecular formula is C17H24Br2N6O. The summed E-state index contributed by atoms with van der Waals surface area (Å²) in [6, 6.07) is 5.80. The highest BCUT2D eigenvalue weighted by atomic mass is 79.9. The van der Waals surface area contributed by atoms with Crippen LogP contribution in [0.25, 0.3) is 0 Å². The highest BCUT2D eigenvalue weighted by Gasteiger charge is 2.15. The Morgan fingerprint density at radius 3 is 2.00 bits per heavy atom. The highest BCUT2D eigenvalue weighted by molar-refractivity contribution is 9.12. The Bertz CT molecular complexity index is 658. The SMILES string of the molecule is C=C(C)C#N.CC(Br)(C#N)CBr.COC=C(C)C#N.Cc1cn[nH]c1N. The third kappa shape index (κ3) is 21.7. The van der Waals surface area contributed by atoms with Crippen LogP contribution in [0, 0.1) is 40.9 Å². The van der Waals surface area contributed by atoms with Gasteiger partial charge >= 0.3 is 0 Å². The van der Waals surface area contributed by atoms with Gasteiger partial charge in [-0.25, -0.2) is 0 Å². The summed E-state index contributed by atoms with van der Waals surface area (Å²) in [5.41, 5.74) is 7.47. The van der Waals surface area contributed by atoms with Gasteiger partial charge in [-0.3, -0.25) is 5.10 Å². The van der Waals surface area contributed by atoms with Crippen molar-refractivity contribution in [1.29, 1.82) is 15.8 Å². The molecular weight excluding hydrogens is 464 g/mol. The first-order chi connectivity index (χ1) is 12.0. The monoisotopic (exact) mass is 486 g/mol. The number of aryl methyl sites for hydroxylation is 1. The second-order valence-electron chi connectivity index (χ2n) is 4.95. The van der Waals surface area contributed by atoms with E-state index < -0.39 is 0 Å². The van der Waals surface area contributed by atoms with E-state index in [-0.39, 0.29) is 4.32 Å². The van der Waals surface area contributed by atoms with Crippen LogP contribution in [0.2, 0.25) is 0 Å². The summed E-state index contributed by atoms with van der Waals surface area (Å²) < 4.78 is 4.13. The van der Waals surface area contributed by atoms with Crippen molar-refractivity contribution >= 4 is 37.7 Å². The van der Waals surface area contributed by atoms with E-state index in [1.54, 1.807) is 20.0 Å². The van der Waals surface area contributed by atoms with Gasteiger partial charge in [0.2, 0.25) is 0 Å². The fourth-order valence-electron chi connectivity index (χ4n) is 0.589. The second kappa shape index (κ2) is 17.5. The van der Waals surface area contributed by atoms with E-state index >= 15 is 0 Å². The number of allylic oxidation sites excluding steroid dienone is 2. The number of rotatable bonds is 2. The molecule has 142 valence electrons. The molecule has 0 bridgehead atoms. The van der Waals surface area contributed by atoms with Gasteiger partial charge in [0.15, 0.2) is 0 Å². The second-order valence-corrected chi connectivity index (χ2v) is 7.26. The van der Waals surface area contributed by atoms with Gasteiger partial charge in [-0.05, 0) is 27.7 Å². The molecule has 0 aliphatic rings. The minimum atomic E-state index is -0.382. The summed E-state index contributed by atoms with van der Waals surface area (Å²) in [6.07, 6.45) is 3.09. The number of hydrogen-bond acceptors (Lipinski definition) is 6. The van der Waals surface area contributed by atoms with Crippen molar-refractivity contribution in [1.82, 2.24) is 10.2 Å². The van der Waals surface area contributed by atoms with E-state index in [4.69, 9.17) is 21.5 Å². The average molecular weight is 488 g/mol. The van der Waals surface area contributed by atoms with Gasteiger partial charge in [0, 0.05) is 16.5 Å². The number of ether oxygens (including phenoxy) is 1. The predicted octanol–water partition coefficient (Wildman–Crippen LogP) is 4.51. The lowest BCUT2D eigenvalue weighted by atomic mass is 10.3. The van der Waals surface area contributed by atoms with E-state index in [1.165, 1.54) is 13.4 Å². The fraction of sp³-hybridized carbons (Fsp3) is 0.412. The Hall–Kier alpha value is -2.28. The molecule has 1 heterocycles. The van der Waals surface area contributed by atoms with E-state index in [1.807, 2.05) is 26.0 Å². The number of nitrogen functional groups attached to an aromatic ring is 1. The topological polar surface area (TPSA) is 135 Å². The third-order valence-electron chi connectivity index (χ3n) is 2.01. The van der Waals surface area contributed by atoms with Crippen LogP contribution in [0.4, 0.5) is 5.82 Å². The molecule has 1 atom stereocenters. The normalized spacial score (nSPS) is 11.0. The number of hydrogen-bond donors (Lipinski definition) is 2. The zero-order valence-electron chi connectivity index (χ0n) is 15.6. The summed E-state index contributed by atoms with van der Waals surface area (Å²) in [5.74, 6) is 0.653.